The second-order valence-electron chi connectivity index (χ2n) is 8.02. The molecule has 0 radical (unpaired) electrons. The van der Waals surface area contributed by atoms with E-state index in [1.165, 1.54) is 0 Å². The summed E-state index contributed by atoms with van der Waals surface area (Å²) in [6.07, 6.45) is 0.822. The number of hydrazone groups is 1. The Kier molecular flexibility index (Phi) is 5.64. The molecule has 5 nitrogen and oxygen atoms in total. The Morgan fingerprint density at radius 2 is 1.91 bits per heavy atom. The number of carbonyl (C=O) groups is 1. The number of thiophene rings is 1. The molecule has 0 spiro atoms. The van der Waals surface area contributed by atoms with Gasteiger partial charge in [-0.3, -0.25) is 9.59 Å². The Balaban J connectivity index is 1.80. The average molecular weight is 476 g/mol. The fraction of sp³-hybridized carbons (Fsp3) is 0.192. The molecule has 0 saturated carbocycles. The number of hydrogen-bond acceptors (Lipinski definition) is 4. The van der Waals surface area contributed by atoms with Crippen LogP contribution in [-0.4, -0.2) is 21.2 Å². The highest BCUT2D eigenvalue weighted by Crippen LogP contribution is 2.39. The van der Waals surface area contributed by atoms with Crippen LogP contribution in [0.5, 0.6) is 0 Å². The maximum atomic E-state index is 13.7. The predicted molar refractivity (Wildman–Crippen MR) is 135 cm³/mol. The van der Waals surface area contributed by atoms with Gasteiger partial charge >= 0.3 is 0 Å². The number of pyridine rings is 1. The standard InChI is InChI=1S/C26H22ClN3O2S/c1-3-23(31)30-21(22-10-7-13-33-22)15-19(28-30)25-24(16-8-5-4-6-9-16)18-14-17(27)11-12-20(18)29(2)26(25)32/h4-14,21H,3,15H2,1-2H3/t21-/m1/s1. The number of aryl methyl sites for hydroxylation is 1. The van der Waals surface area contributed by atoms with Crippen molar-refractivity contribution in [3.63, 3.8) is 0 Å². The molecule has 1 amide bonds. The normalized spacial score (nSPS) is 15.8. The van der Waals surface area contributed by atoms with E-state index in [4.69, 9.17) is 16.7 Å². The van der Waals surface area contributed by atoms with Crippen molar-refractivity contribution < 1.29 is 4.79 Å². The van der Waals surface area contributed by atoms with Gasteiger partial charge in [-0.15, -0.1) is 11.3 Å². The summed E-state index contributed by atoms with van der Waals surface area (Å²) in [6, 6.07) is 19.1. The van der Waals surface area contributed by atoms with Crippen LogP contribution in [0.1, 0.15) is 36.2 Å². The van der Waals surface area contributed by atoms with Crippen molar-refractivity contribution in [2.45, 2.75) is 25.8 Å². The molecule has 0 fully saturated rings. The van der Waals surface area contributed by atoms with Gasteiger partial charge in [0.05, 0.1) is 22.8 Å². The second kappa shape index (κ2) is 8.61. The van der Waals surface area contributed by atoms with Gasteiger partial charge in [-0.25, -0.2) is 5.01 Å². The van der Waals surface area contributed by atoms with Crippen molar-refractivity contribution in [1.82, 2.24) is 9.58 Å². The molecule has 5 rings (SSSR count). The van der Waals surface area contributed by atoms with Gasteiger partial charge in [0.15, 0.2) is 0 Å². The van der Waals surface area contributed by atoms with E-state index in [1.807, 2.05) is 66.9 Å². The topological polar surface area (TPSA) is 54.7 Å². The van der Waals surface area contributed by atoms with E-state index in [-0.39, 0.29) is 17.5 Å². The molecule has 2 aromatic heterocycles. The van der Waals surface area contributed by atoms with Crippen molar-refractivity contribution in [3.8, 4) is 11.1 Å². The number of benzene rings is 2. The smallest absolute Gasteiger partial charge is 0.260 e. The van der Waals surface area contributed by atoms with E-state index in [0.29, 0.717) is 29.1 Å². The quantitative estimate of drug-likeness (QED) is 0.363. The highest BCUT2D eigenvalue weighted by Gasteiger charge is 2.35. The summed E-state index contributed by atoms with van der Waals surface area (Å²) in [7, 11) is 1.76. The molecule has 3 heterocycles. The van der Waals surface area contributed by atoms with Crippen LogP contribution in [0.25, 0.3) is 22.0 Å². The third-order valence-corrected chi connectivity index (χ3v) is 7.26. The third kappa shape index (κ3) is 3.69. The van der Waals surface area contributed by atoms with Crippen molar-refractivity contribution in [1.29, 1.82) is 0 Å². The van der Waals surface area contributed by atoms with Crippen LogP contribution in [0.15, 0.2) is 75.9 Å². The van der Waals surface area contributed by atoms with Crippen molar-refractivity contribution in [3.05, 3.63) is 91.9 Å². The molecule has 0 N–H and O–H groups in total. The zero-order chi connectivity index (χ0) is 23.1. The van der Waals surface area contributed by atoms with Gasteiger partial charge in [0.1, 0.15) is 0 Å². The van der Waals surface area contributed by atoms with Crippen LogP contribution in [0.4, 0.5) is 0 Å². The number of aromatic nitrogens is 1. The Morgan fingerprint density at radius 1 is 1.12 bits per heavy atom. The zero-order valence-electron chi connectivity index (χ0n) is 18.3. The number of hydrogen-bond donors (Lipinski definition) is 0. The van der Waals surface area contributed by atoms with Crippen LogP contribution in [0.3, 0.4) is 0 Å². The fourth-order valence-corrected chi connectivity index (χ4v) is 5.43. The predicted octanol–water partition coefficient (Wildman–Crippen LogP) is 6.01. The maximum Gasteiger partial charge on any atom is 0.260 e. The molecule has 0 bridgehead atoms. The summed E-state index contributed by atoms with van der Waals surface area (Å²) in [5.74, 6) is -0.0645. The van der Waals surface area contributed by atoms with Crippen LogP contribution in [-0.2, 0) is 11.8 Å². The molecule has 0 aliphatic carbocycles. The molecule has 0 saturated heterocycles. The van der Waals surface area contributed by atoms with Gasteiger partial charge in [0, 0.05) is 40.7 Å². The number of amides is 1. The SMILES string of the molecule is CCC(=O)N1N=C(c2c(-c3ccccc3)c3cc(Cl)ccc3n(C)c2=O)C[C@@H]1c1cccs1. The minimum Gasteiger partial charge on any atom is -0.311 e. The van der Waals surface area contributed by atoms with Gasteiger partial charge in [0.2, 0.25) is 5.91 Å². The number of fused-ring (bicyclic) bond motifs is 1. The molecule has 33 heavy (non-hydrogen) atoms. The summed E-state index contributed by atoms with van der Waals surface area (Å²) in [5, 5.41) is 9.76. The molecule has 1 atom stereocenters. The van der Waals surface area contributed by atoms with Crippen molar-refractivity contribution in [2.75, 3.05) is 0 Å². The summed E-state index contributed by atoms with van der Waals surface area (Å²) in [6.45, 7) is 1.83. The van der Waals surface area contributed by atoms with Crippen LogP contribution >= 0.6 is 22.9 Å². The van der Waals surface area contributed by atoms with Gasteiger partial charge < -0.3 is 4.57 Å². The van der Waals surface area contributed by atoms with E-state index in [1.54, 1.807) is 34.0 Å². The minimum absolute atomic E-state index is 0.0645. The average Bonchev–Trinajstić information content (AvgIpc) is 3.51. The lowest BCUT2D eigenvalue weighted by atomic mass is 9.91. The summed E-state index contributed by atoms with van der Waals surface area (Å²) >= 11 is 7.98. The Morgan fingerprint density at radius 3 is 2.61 bits per heavy atom. The lowest BCUT2D eigenvalue weighted by molar-refractivity contribution is -0.132. The van der Waals surface area contributed by atoms with E-state index in [9.17, 15) is 9.59 Å². The minimum atomic E-state index is -0.212. The van der Waals surface area contributed by atoms with E-state index < -0.39 is 0 Å². The first-order chi connectivity index (χ1) is 16.0. The Hall–Kier alpha value is -3.22. The van der Waals surface area contributed by atoms with Crippen molar-refractivity contribution in [2.24, 2.45) is 12.1 Å². The number of nitrogens with zero attached hydrogens (tertiary/aromatic N) is 3. The van der Waals surface area contributed by atoms with Gasteiger partial charge in [-0.05, 0) is 35.2 Å². The Labute approximate surface area is 200 Å². The third-order valence-electron chi connectivity index (χ3n) is 6.05. The second-order valence-corrected chi connectivity index (χ2v) is 9.43. The van der Waals surface area contributed by atoms with Crippen LogP contribution in [0, 0.1) is 0 Å². The molecule has 7 heteroatoms. The molecular formula is C26H22ClN3O2S. The molecule has 166 valence electrons. The molecular weight excluding hydrogens is 454 g/mol. The molecule has 4 aromatic rings. The summed E-state index contributed by atoms with van der Waals surface area (Å²) in [5.41, 5.74) is 3.50. The lowest BCUT2D eigenvalue weighted by Gasteiger charge is -2.19. The van der Waals surface area contributed by atoms with E-state index in [2.05, 4.69) is 0 Å². The number of carbonyl (C=O) groups excluding carboxylic acids is 1. The Bertz CT molecular complexity index is 1440. The molecule has 1 aliphatic heterocycles. The summed E-state index contributed by atoms with van der Waals surface area (Å²) < 4.78 is 1.64. The highest BCUT2D eigenvalue weighted by atomic mass is 35.5. The first-order valence-corrected chi connectivity index (χ1v) is 12.1. The van der Waals surface area contributed by atoms with Gasteiger partial charge in [0.25, 0.3) is 5.56 Å². The monoisotopic (exact) mass is 475 g/mol. The van der Waals surface area contributed by atoms with Crippen molar-refractivity contribution >= 4 is 45.5 Å². The van der Waals surface area contributed by atoms with Crippen LogP contribution < -0.4 is 5.56 Å². The van der Waals surface area contributed by atoms with Gasteiger partial charge in [-0.1, -0.05) is 54.9 Å². The highest BCUT2D eigenvalue weighted by molar-refractivity contribution is 7.10. The van der Waals surface area contributed by atoms with E-state index >= 15 is 0 Å². The first-order valence-electron chi connectivity index (χ1n) is 10.8. The summed E-state index contributed by atoms with van der Waals surface area (Å²) in [4.78, 5) is 27.6. The lowest BCUT2D eigenvalue weighted by Crippen LogP contribution is -2.26. The van der Waals surface area contributed by atoms with E-state index in [0.717, 1.165) is 26.9 Å². The molecule has 1 aliphatic rings. The molecule has 0 unspecified atom stereocenters. The molecule has 2 aromatic carbocycles. The zero-order valence-corrected chi connectivity index (χ0v) is 19.9. The van der Waals surface area contributed by atoms with Gasteiger partial charge in [-0.2, -0.15) is 5.10 Å². The fourth-order valence-electron chi connectivity index (χ4n) is 4.45. The largest absolute Gasteiger partial charge is 0.311 e. The first kappa shape index (κ1) is 21.6. The maximum absolute atomic E-state index is 13.7. The van der Waals surface area contributed by atoms with Crippen LogP contribution in [0.2, 0.25) is 5.02 Å². The number of halogens is 1. The number of rotatable bonds is 4.